The van der Waals surface area contributed by atoms with Gasteiger partial charge in [-0.3, -0.25) is 14.4 Å². The minimum absolute atomic E-state index is 0.121. The van der Waals surface area contributed by atoms with Crippen molar-refractivity contribution in [2.75, 3.05) is 5.32 Å². The maximum Gasteiger partial charge on any atom is 0.307 e. The van der Waals surface area contributed by atoms with E-state index in [2.05, 4.69) is 5.32 Å². The van der Waals surface area contributed by atoms with Crippen molar-refractivity contribution in [3.63, 3.8) is 0 Å². The van der Waals surface area contributed by atoms with Crippen LogP contribution in [0.4, 0.5) is 5.69 Å². The number of hydrogen-bond donors (Lipinski definition) is 3. The van der Waals surface area contributed by atoms with Gasteiger partial charge in [0.2, 0.25) is 11.8 Å². The lowest BCUT2D eigenvalue weighted by atomic mass is 9.82. The lowest BCUT2D eigenvalue weighted by Crippen LogP contribution is -2.34. The molecule has 3 N–H and O–H groups in total. The fraction of sp³-hybridized carbons (Fsp3) is 0.312. The van der Waals surface area contributed by atoms with Gasteiger partial charge in [0.25, 0.3) is 10.0 Å². The van der Waals surface area contributed by atoms with E-state index in [1.807, 2.05) is 4.72 Å². The molecule has 0 fully saturated rings. The summed E-state index contributed by atoms with van der Waals surface area (Å²) in [5, 5.41) is 11.8. The normalized spacial score (nSPS) is 19.9. The average Bonchev–Trinajstić information content (AvgIpc) is 2.54. The lowest BCUT2D eigenvalue weighted by molar-refractivity contribution is -0.146. The minimum atomic E-state index is -3.94. The van der Waals surface area contributed by atoms with E-state index in [0.717, 1.165) is 6.92 Å². The monoisotopic (exact) mass is 366 g/mol. The zero-order chi connectivity index (χ0) is 18.6. The summed E-state index contributed by atoms with van der Waals surface area (Å²) in [5.74, 6) is -3.65. The molecule has 134 valence electrons. The first-order valence-electron chi connectivity index (χ1n) is 7.53. The van der Waals surface area contributed by atoms with E-state index in [1.165, 1.54) is 24.3 Å². The highest BCUT2D eigenvalue weighted by Gasteiger charge is 2.33. The molecular formula is C16H18N2O6S. The highest BCUT2D eigenvalue weighted by atomic mass is 32.2. The van der Waals surface area contributed by atoms with Crippen LogP contribution in [0.1, 0.15) is 19.8 Å². The number of carboxylic acids is 1. The van der Waals surface area contributed by atoms with Crippen molar-refractivity contribution in [1.29, 1.82) is 0 Å². The van der Waals surface area contributed by atoms with Crippen molar-refractivity contribution in [2.45, 2.75) is 24.7 Å². The van der Waals surface area contributed by atoms with Crippen molar-refractivity contribution in [3.05, 3.63) is 36.4 Å². The molecule has 8 nitrogen and oxygen atoms in total. The maximum atomic E-state index is 12.3. The third kappa shape index (κ3) is 4.66. The lowest BCUT2D eigenvalue weighted by Gasteiger charge is -2.24. The molecule has 0 heterocycles. The molecule has 1 aliphatic rings. The van der Waals surface area contributed by atoms with Crippen LogP contribution in [0, 0.1) is 11.8 Å². The summed E-state index contributed by atoms with van der Waals surface area (Å²) in [6.45, 7) is 1.09. The van der Waals surface area contributed by atoms with Gasteiger partial charge < -0.3 is 10.4 Å². The summed E-state index contributed by atoms with van der Waals surface area (Å²) in [5.41, 5.74) is 0.338. The van der Waals surface area contributed by atoms with Gasteiger partial charge in [0.05, 0.1) is 16.7 Å². The van der Waals surface area contributed by atoms with Gasteiger partial charge in [0, 0.05) is 12.6 Å². The van der Waals surface area contributed by atoms with Crippen molar-refractivity contribution < 1.29 is 27.9 Å². The molecule has 0 bridgehead atoms. The first kappa shape index (κ1) is 18.7. The molecule has 0 saturated carbocycles. The first-order valence-corrected chi connectivity index (χ1v) is 9.01. The third-order valence-corrected chi connectivity index (χ3v) is 5.25. The molecule has 2 amide bonds. The molecule has 1 aromatic rings. The molecule has 1 aliphatic carbocycles. The molecule has 0 saturated heterocycles. The van der Waals surface area contributed by atoms with Gasteiger partial charge >= 0.3 is 5.97 Å². The summed E-state index contributed by atoms with van der Waals surface area (Å²) in [4.78, 5) is 34.4. The smallest absolute Gasteiger partial charge is 0.307 e. The minimum Gasteiger partial charge on any atom is -0.481 e. The topological polar surface area (TPSA) is 130 Å². The first-order chi connectivity index (χ1) is 11.7. The van der Waals surface area contributed by atoms with Crippen LogP contribution in [0.3, 0.4) is 0 Å². The van der Waals surface area contributed by atoms with Crippen LogP contribution in [0.5, 0.6) is 0 Å². The number of carbonyl (C=O) groups excluding carboxylic acids is 2. The number of hydrogen-bond acceptors (Lipinski definition) is 5. The Bertz CT molecular complexity index is 814. The Kier molecular flexibility index (Phi) is 5.58. The van der Waals surface area contributed by atoms with Crippen LogP contribution in [0.2, 0.25) is 0 Å². The van der Waals surface area contributed by atoms with Crippen molar-refractivity contribution >= 4 is 33.5 Å². The van der Waals surface area contributed by atoms with Crippen molar-refractivity contribution in [2.24, 2.45) is 11.8 Å². The fourth-order valence-corrected chi connectivity index (χ4v) is 3.57. The Balaban J connectivity index is 2.10. The maximum absolute atomic E-state index is 12.3. The number of rotatable bonds is 5. The zero-order valence-corrected chi connectivity index (χ0v) is 14.2. The Labute approximate surface area is 145 Å². The van der Waals surface area contributed by atoms with E-state index < -0.39 is 39.6 Å². The second-order valence-electron chi connectivity index (χ2n) is 5.67. The largest absolute Gasteiger partial charge is 0.481 e. The average molecular weight is 366 g/mol. The Morgan fingerprint density at radius 2 is 1.60 bits per heavy atom. The van der Waals surface area contributed by atoms with E-state index >= 15 is 0 Å². The molecule has 2 rings (SSSR count). The van der Waals surface area contributed by atoms with Crippen LogP contribution < -0.4 is 10.0 Å². The summed E-state index contributed by atoms with van der Waals surface area (Å²) in [7, 11) is -3.94. The molecule has 9 heteroatoms. The molecule has 25 heavy (non-hydrogen) atoms. The van der Waals surface area contributed by atoms with Crippen LogP contribution in [-0.2, 0) is 24.4 Å². The van der Waals surface area contributed by atoms with Crippen LogP contribution >= 0.6 is 0 Å². The molecule has 0 aliphatic heterocycles. The molecule has 2 atom stereocenters. The summed E-state index contributed by atoms with van der Waals surface area (Å²) in [6.07, 6.45) is 4.14. The number of allylic oxidation sites excluding steroid dienone is 2. The van der Waals surface area contributed by atoms with Gasteiger partial charge in [-0.1, -0.05) is 12.2 Å². The third-order valence-electron chi connectivity index (χ3n) is 3.80. The number of benzene rings is 1. The predicted molar refractivity (Wildman–Crippen MR) is 89.1 cm³/mol. The Hall–Kier alpha value is -2.68. The van der Waals surface area contributed by atoms with E-state index in [-0.39, 0.29) is 4.90 Å². The van der Waals surface area contributed by atoms with E-state index in [4.69, 9.17) is 0 Å². The number of carbonyl (C=O) groups is 3. The SMILES string of the molecule is CC(=O)NS(=O)(=O)c1ccc(NC(=O)[C@@H]2CC=CC[C@H]2C(=O)O)cc1. The highest BCUT2D eigenvalue weighted by molar-refractivity contribution is 7.90. The number of nitrogens with one attached hydrogen (secondary N) is 2. The van der Waals surface area contributed by atoms with E-state index in [1.54, 1.807) is 12.2 Å². The second-order valence-corrected chi connectivity index (χ2v) is 7.35. The molecule has 0 radical (unpaired) electrons. The highest BCUT2D eigenvalue weighted by Crippen LogP contribution is 2.27. The quantitative estimate of drug-likeness (QED) is 0.670. The standard InChI is InChI=1S/C16H18N2O6S/c1-10(19)18-25(23,24)12-8-6-11(7-9-12)17-15(20)13-4-2-3-5-14(13)16(21)22/h2-3,6-9,13-14H,4-5H2,1H3,(H,17,20)(H,18,19)(H,21,22)/t13-,14-/m1/s1. The van der Waals surface area contributed by atoms with Gasteiger partial charge in [-0.15, -0.1) is 0 Å². The van der Waals surface area contributed by atoms with Gasteiger partial charge in [-0.2, -0.15) is 0 Å². The number of amides is 2. The summed E-state index contributed by atoms with van der Waals surface area (Å²) >= 11 is 0. The molecular weight excluding hydrogens is 348 g/mol. The summed E-state index contributed by atoms with van der Waals surface area (Å²) in [6, 6.07) is 5.24. The number of sulfonamides is 1. The predicted octanol–water partition coefficient (Wildman–Crippen LogP) is 1.12. The second kappa shape index (κ2) is 7.47. The zero-order valence-electron chi connectivity index (χ0n) is 13.4. The van der Waals surface area contributed by atoms with Crippen molar-refractivity contribution in [3.8, 4) is 0 Å². The van der Waals surface area contributed by atoms with Gasteiger partial charge in [0.1, 0.15) is 0 Å². The Morgan fingerprint density at radius 1 is 1.04 bits per heavy atom. The van der Waals surface area contributed by atoms with Crippen LogP contribution in [-0.4, -0.2) is 31.3 Å². The van der Waals surface area contributed by atoms with Gasteiger partial charge in [-0.05, 0) is 37.1 Å². The van der Waals surface area contributed by atoms with Gasteiger partial charge in [0.15, 0.2) is 0 Å². The van der Waals surface area contributed by atoms with E-state index in [0.29, 0.717) is 18.5 Å². The molecule has 0 spiro atoms. The fourth-order valence-electron chi connectivity index (χ4n) is 2.58. The van der Waals surface area contributed by atoms with E-state index in [9.17, 15) is 27.9 Å². The molecule has 0 unspecified atom stereocenters. The van der Waals surface area contributed by atoms with Gasteiger partial charge in [-0.25, -0.2) is 13.1 Å². The summed E-state index contributed by atoms with van der Waals surface area (Å²) < 4.78 is 25.5. The Morgan fingerprint density at radius 3 is 2.12 bits per heavy atom. The molecule has 1 aromatic carbocycles. The number of carboxylic acid groups (broad SMARTS) is 1. The number of aliphatic carboxylic acids is 1. The van der Waals surface area contributed by atoms with Crippen molar-refractivity contribution in [1.82, 2.24) is 4.72 Å². The van der Waals surface area contributed by atoms with Crippen LogP contribution in [0.15, 0.2) is 41.3 Å². The number of anilines is 1. The molecule has 0 aromatic heterocycles. The van der Waals surface area contributed by atoms with Crippen LogP contribution in [0.25, 0.3) is 0 Å².